The summed E-state index contributed by atoms with van der Waals surface area (Å²) in [6.45, 7) is 1.43. The van der Waals surface area contributed by atoms with E-state index in [2.05, 4.69) is 10.2 Å². The molecular formula is C15H22N2O3. The van der Waals surface area contributed by atoms with Crippen molar-refractivity contribution < 1.29 is 14.7 Å². The lowest BCUT2D eigenvalue weighted by Gasteiger charge is -2.24. The van der Waals surface area contributed by atoms with Crippen molar-refractivity contribution in [2.24, 2.45) is 0 Å². The molecule has 1 amide bonds. The first kappa shape index (κ1) is 16.0. The van der Waals surface area contributed by atoms with Gasteiger partial charge < -0.3 is 15.3 Å². The van der Waals surface area contributed by atoms with Crippen LogP contribution < -0.4 is 10.2 Å². The fourth-order valence-electron chi connectivity index (χ4n) is 1.99. The number of carbonyl (C=O) groups is 2. The summed E-state index contributed by atoms with van der Waals surface area (Å²) in [4.78, 5) is 23.9. The number of carboxylic acids is 1. The Balaban J connectivity index is 2.51. The van der Waals surface area contributed by atoms with Crippen LogP contribution in [0.2, 0.25) is 0 Å². The fourth-order valence-corrected chi connectivity index (χ4v) is 1.99. The van der Waals surface area contributed by atoms with E-state index in [1.807, 2.05) is 30.3 Å². The van der Waals surface area contributed by atoms with Gasteiger partial charge in [-0.25, -0.2) is 0 Å². The quantitative estimate of drug-likeness (QED) is 0.723. The number of aliphatic carboxylic acids is 1. The van der Waals surface area contributed by atoms with Gasteiger partial charge in [0.1, 0.15) is 0 Å². The van der Waals surface area contributed by atoms with Crippen LogP contribution >= 0.6 is 0 Å². The Kier molecular flexibility index (Phi) is 7.17. The Labute approximate surface area is 119 Å². The van der Waals surface area contributed by atoms with Crippen molar-refractivity contribution in [1.29, 1.82) is 0 Å². The summed E-state index contributed by atoms with van der Waals surface area (Å²) in [6, 6.07) is 9.86. The molecule has 0 aliphatic rings. The number of nitrogens with one attached hydrogen (secondary N) is 1. The first-order valence-electron chi connectivity index (χ1n) is 6.86. The zero-order chi connectivity index (χ0) is 14.8. The molecule has 2 N–H and O–H groups in total. The lowest BCUT2D eigenvalue weighted by molar-refractivity contribution is -0.137. The highest BCUT2D eigenvalue weighted by Gasteiger charge is 2.08. The van der Waals surface area contributed by atoms with Crippen molar-refractivity contribution >= 4 is 17.6 Å². The molecule has 0 unspecified atom stereocenters. The van der Waals surface area contributed by atoms with Gasteiger partial charge in [-0.15, -0.1) is 0 Å². The van der Waals surface area contributed by atoms with E-state index in [1.54, 1.807) is 7.05 Å². The molecule has 5 heteroatoms. The topological polar surface area (TPSA) is 69.6 Å². The van der Waals surface area contributed by atoms with Crippen LogP contribution in [0.3, 0.4) is 0 Å². The normalized spacial score (nSPS) is 10.1. The highest BCUT2D eigenvalue weighted by atomic mass is 16.4. The number of carboxylic acid groups (broad SMARTS) is 1. The van der Waals surface area contributed by atoms with Gasteiger partial charge in [0.25, 0.3) is 0 Å². The highest BCUT2D eigenvalue weighted by Crippen LogP contribution is 2.15. The first-order chi connectivity index (χ1) is 9.63. The van der Waals surface area contributed by atoms with E-state index in [0.717, 1.165) is 18.7 Å². The number of rotatable bonds is 9. The third-order valence-electron chi connectivity index (χ3n) is 3.05. The van der Waals surface area contributed by atoms with Gasteiger partial charge in [-0.2, -0.15) is 0 Å². The van der Waals surface area contributed by atoms with Crippen LogP contribution in [0, 0.1) is 0 Å². The van der Waals surface area contributed by atoms with Gasteiger partial charge in [-0.1, -0.05) is 18.2 Å². The molecule has 1 aromatic carbocycles. The summed E-state index contributed by atoms with van der Waals surface area (Å²) in [7, 11) is 1.63. The van der Waals surface area contributed by atoms with Crippen LogP contribution in [0.4, 0.5) is 5.69 Å². The largest absolute Gasteiger partial charge is 0.481 e. The van der Waals surface area contributed by atoms with Gasteiger partial charge in [0.2, 0.25) is 5.91 Å². The summed E-state index contributed by atoms with van der Waals surface area (Å²) in [6.07, 6.45) is 2.00. The van der Waals surface area contributed by atoms with Gasteiger partial charge in [0.15, 0.2) is 0 Å². The minimum absolute atomic E-state index is 0.0311. The van der Waals surface area contributed by atoms with Crippen molar-refractivity contribution in [3.63, 3.8) is 0 Å². The minimum atomic E-state index is -0.775. The number of carbonyl (C=O) groups excluding carboxylic acids is 1. The average Bonchev–Trinajstić information content (AvgIpc) is 2.46. The van der Waals surface area contributed by atoms with E-state index in [0.29, 0.717) is 19.4 Å². The minimum Gasteiger partial charge on any atom is -0.481 e. The molecule has 0 aliphatic heterocycles. The zero-order valence-electron chi connectivity index (χ0n) is 11.8. The average molecular weight is 278 g/mol. The maximum Gasteiger partial charge on any atom is 0.303 e. The Morgan fingerprint density at radius 2 is 1.70 bits per heavy atom. The molecule has 0 bridgehead atoms. The number of benzene rings is 1. The third kappa shape index (κ3) is 6.22. The van der Waals surface area contributed by atoms with Crippen molar-refractivity contribution in [1.82, 2.24) is 5.32 Å². The van der Waals surface area contributed by atoms with Crippen molar-refractivity contribution in [3.8, 4) is 0 Å². The third-order valence-corrected chi connectivity index (χ3v) is 3.05. The van der Waals surface area contributed by atoms with Crippen molar-refractivity contribution in [2.45, 2.75) is 25.7 Å². The van der Waals surface area contributed by atoms with Crippen LogP contribution in [0.1, 0.15) is 25.7 Å². The summed E-state index contributed by atoms with van der Waals surface area (Å²) in [5, 5.41) is 11.3. The van der Waals surface area contributed by atoms with Gasteiger partial charge >= 0.3 is 5.97 Å². The van der Waals surface area contributed by atoms with Gasteiger partial charge in [0, 0.05) is 38.7 Å². The second-order valence-electron chi connectivity index (χ2n) is 4.60. The Bertz CT molecular complexity index is 420. The van der Waals surface area contributed by atoms with Crippen molar-refractivity contribution in [2.75, 3.05) is 25.0 Å². The molecule has 110 valence electrons. The second kappa shape index (κ2) is 8.96. The summed E-state index contributed by atoms with van der Waals surface area (Å²) < 4.78 is 0. The molecular weight excluding hydrogens is 256 g/mol. The van der Waals surface area contributed by atoms with E-state index in [9.17, 15) is 9.59 Å². The van der Waals surface area contributed by atoms with Crippen LogP contribution in [0.25, 0.3) is 0 Å². The summed E-state index contributed by atoms with van der Waals surface area (Å²) in [5.74, 6) is -0.744. The van der Waals surface area contributed by atoms with E-state index >= 15 is 0 Å². The molecule has 0 aromatic heterocycles. The van der Waals surface area contributed by atoms with Crippen LogP contribution in [-0.4, -0.2) is 37.1 Å². The van der Waals surface area contributed by atoms with E-state index in [-0.39, 0.29) is 12.3 Å². The lowest BCUT2D eigenvalue weighted by atomic mass is 10.2. The number of nitrogens with zero attached hydrogens (tertiary/aromatic N) is 1. The Morgan fingerprint density at radius 1 is 1.10 bits per heavy atom. The smallest absolute Gasteiger partial charge is 0.303 e. The maximum atomic E-state index is 11.2. The summed E-state index contributed by atoms with van der Waals surface area (Å²) in [5.41, 5.74) is 1.06. The molecule has 0 aliphatic carbocycles. The predicted octanol–water partition coefficient (Wildman–Crippen LogP) is 1.88. The predicted molar refractivity (Wildman–Crippen MR) is 78.8 cm³/mol. The van der Waals surface area contributed by atoms with E-state index in [4.69, 9.17) is 5.11 Å². The highest BCUT2D eigenvalue weighted by molar-refractivity contribution is 5.75. The van der Waals surface area contributed by atoms with Crippen LogP contribution in [-0.2, 0) is 9.59 Å². The van der Waals surface area contributed by atoms with Crippen LogP contribution in [0.5, 0.6) is 0 Å². The zero-order valence-corrected chi connectivity index (χ0v) is 11.8. The standard InChI is InChI=1S/C15H22N2O3/c1-16-14(18)9-5-11-17(12-6-10-15(19)20)13-7-3-2-4-8-13/h2-4,7-8H,5-6,9-12H2,1H3,(H,16,18)(H,19,20). The SMILES string of the molecule is CNC(=O)CCCN(CCCC(=O)O)c1ccccc1. The summed E-state index contributed by atoms with van der Waals surface area (Å²) >= 11 is 0. The molecule has 20 heavy (non-hydrogen) atoms. The number of para-hydroxylation sites is 1. The second-order valence-corrected chi connectivity index (χ2v) is 4.60. The van der Waals surface area contributed by atoms with E-state index < -0.39 is 5.97 Å². The molecule has 0 saturated carbocycles. The first-order valence-corrected chi connectivity index (χ1v) is 6.86. The maximum absolute atomic E-state index is 11.2. The molecule has 1 aromatic rings. The molecule has 0 spiro atoms. The number of anilines is 1. The monoisotopic (exact) mass is 278 g/mol. The number of hydrogen-bond donors (Lipinski definition) is 2. The molecule has 0 fully saturated rings. The molecule has 1 rings (SSSR count). The van der Waals surface area contributed by atoms with Crippen molar-refractivity contribution in [3.05, 3.63) is 30.3 Å². The van der Waals surface area contributed by atoms with Gasteiger partial charge in [-0.05, 0) is 25.0 Å². The fraction of sp³-hybridized carbons (Fsp3) is 0.467. The lowest BCUT2D eigenvalue weighted by Crippen LogP contribution is -2.27. The number of amides is 1. The molecule has 0 atom stereocenters. The van der Waals surface area contributed by atoms with Gasteiger partial charge in [-0.3, -0.25) is 9.59 Å². The Hall–Kier alpha value is -2.04. The molecule has 0 heterocycles. The molecule has 5 nitrogen and oxygen atoms in total. The van der Waals surface area contributed by atoms with E-state index in [1.165, 1.54) is 0 Å². The molecule has 0 radical (unpaired) electrons. The number of hydrogen-bond acceptors (Lipinski definition) is 3. The van der Waals surface area contributed by atoms with Crippen LogP contribution in [0.15, 0.2) is 30.3 Å². The Morgan fingerprint density at radius 3 is 2.25 bits per heavy atom. The van der Waals surface area contributed by atoms with Gasteiger partial charge in [0.05, 0.1) is 0 Å². The molecule has 0 saturated heterocycles.